The fourth-order valence-corrected chi connectivity index (χ4v) is 6.52. The lowest BCUT2D eigenvalue weighted by Gasteiger charge is -2.18. The molecule has 10 heteroatoms. The number of allylic oxidation sites excluding steroid dienone is 1. The second-order valence-corrected chi connectivity index (χ2v) is 11.2. The van der Waals surface area contributed by atoms with Crippen LogP contribution in [0.1, 0.15) is 70.5 Å². The predicted octanol–water partition coefficient (Wildman–Crippen LogP) is 6.07. The molecule has 4 rings (SSSR count). The summed E-state index contributed by atoms with van der Waals surface area (Å²) in [6.07, 6.45) is 5.30. The average Bonchev–Trinajstić information content (AvgIpc) is 3.46. The summed E-state index contributed by atoms with van der Waals surface area (Å²) in [6, 6.07) is 5.96. The molecular formula is C28H34N4O4S2. The van der Waals surface area contributed by atoms with E-state index in [-0.39, 0.29) is 23.7 Å². The van der Waals surface area contributed by atoms with Gasteiger partial charge in [-0.05, 0) is 76.1 Å². The molecule has 1 aliphatic rings. The number of anilines is 1. The van der Waals surface area contributed by atoms with Crippen molar-refractivity contribution in [3.05, 3.63) is 63.8 Å². The van der Waals surface area contributed by atoms with E-state index in [9.17, 15) is 9.59 Å². The number of carbonyl (C=O) groups excluding carboxylic acids is 2. The number of aromatic nitrogens is 3. The summed E-state index contributed by atoms with van der Waals surface area (Å²) in [7, 11) is 0. The number of esters is 1. The third-order valence-electron chi connectivity index (χ3n) is 6.52. The molecule has 1 unspecified atom stereocenters. The van der Waals surface area contributed by atoms with Crippen LogP contribution in [0.2, 0.25) is 0 Å². The van der Waals surface area contributed by atoms with Gasteiger partial charge >= 0.3 is 5.97 Å². The number of thioether (sulfide) groups is 1. The Labute approximate surface area is 231 Å². The summed E-state index contributed by atoms with van der Waals surface area (Å²) in [5, 5.41) is 12.8. The summed E-state index contributed by atoms with van der Waals surface area (Å²) in [5.74, 6) is 0.989. The SMILES string of the molecule is C=CCn1c(SCC(=O)Nc2sc3c(c2C(=O)OCC)CCCC3)nnc1C(C)Oc1cccc(C)c1C. The molecule has 2 aromatic heterocycles. The molecule has 0 radical (unpaired) electrons. The summed E-state index contributed by atoms with van der Waals surface area (Å²) in [4.78, 5) is 26.8. The first-order valence-corrected chi connectivity index (χ1v) is 14.6. The number of hydrogen-bond acceptors (Lipinski definition) is 8. The van der Waals surface area contributed by atoms with Gasteiger partial charge < -0.3 is 14.8 Å². The Balaban J connectivity index is 1.47. The van der Waals surface area contributed by atoms with E-state index < -0.39 is 0 Å². The summed E-state index contributed by atoms with van der Waals surface area (Å²) < 4.78 is 13.4. The minimum atomic E-state index is -0.372. The maximum Gasteiger partial charge on any atom is 0.341 e. The lowest BCUT2D eigenvalue weighted by molar-refractivity contribution is -0.113. The van der Waals surface area contributed by atoms with Crippen molar-refractivity contribution in [1.29, 1.82) is 0 Å². The van der Waals surface area contributed by atoms with E-state index in [0.717, 1.165) is 53.0 Å². The van der Waals surface area contributed by atoms with Gasteiger partial charge in [-0.25, -0.2) is 4.79 Å². The average molecular weight is 555 g/mol. The quantitative estimate of drug-likeness (QED) is 0.175. The van der Waals surface area contributed by atoms with Crippen molar-refractivity contribution >= 4 is 40.0 Å². The number of amides is 1. The number of nitrogens with one attached hydrogen (secondary N) is 1. The van der Waals surface area contributed by atoms with Crippen LogP contribution >= 0.6 is 23.1 Å². The van der Waals surface area contributed by atoms with Crippen LogP contribution in [-0.4, -0.2) is 39.0 Å². The van der Waals surface area contributed by atoms with Crippen LogP contribution in [0.5, 0.6) is 5.75 Å². The molecule has 1 amide bonds. The van der Waals surface area contributed by atoms with Crippen LogP contribution in [0.4, 0.5) is 5.00 Å². The molecular weight excluding hydrogens is 520 g/mol. The fraction of sp³-hybridized carbons (Fsp3) is 0.429. The van der Waals surface area contributed by atoms with Crippen LogP contribution in [0.3, 0.4) is 0 Å². The minimum absolute atomic E-state index is 0.117. The van der Waals surface area contributed by atoms with E-state index in [0.29, 0.717) is 34.7 Å². The molecule has 0 bridgehead atoms. The Morgan fingerprint density at radius 2 is 2.05 bits per heavy atom. The van der Waals surface area contributed by atoms with Gasteiger partial charge in [0.15, 0.2) is 17.1 Å². The molecule has 1 N–H and O–H groups in total. The second-order valence-electron chi connectivity index (χ2n) is 9.17. The zero-order chi connectivity index (χ0) is 27.2. The zero-order valence-electron chi connectivity index (χ0n) is 22.3. The van der Waals surface area contributed by atoms with Crippen molar-refractivity contribution in [2.24, 2.45) is 0 Å². The molecule has 202 valence electrons. The number of rotatable bonds is 11. The molecule has 0 fully saturated rings. The van der Waals surface area contributed by atoms with E-state index in [2.05, 4.69) is 22.1 Å². The Kier molecular flexibility index (Phi) is 9.27. The van der Waals surface area contributed by atoms with E-state index in [4.69, 9.17) is 9.47 Å². The van der Waals surface area contributed by atoms with Crippen LogP contribution in [0.25, 0.3) is 0 Å². The van der Waals surface area contributed by atoms with Gasteiger partial charge in [0, 0.05) is 11.4 Å². The molecule has 1 aromatic carbocycles. The zero-order valence-corrected chi connectivity index (χ0v) is 24.0. The first-order valence-electron chi connectivity index (χ1n) is 12.8. The molecule has 0 spiro atoms. The van der Waals surface area contributed by atoms with Gasteiger partial charge in [0.2, 0.25) is 5.91 Å². The summed E-state index contributed by atoms with van der Waals surface area (Å²) in [6.45, 7) is 12.4. The minimum Gasteiger partial charge on any atom is -0.482 e. The standard InChI is InChI=1S/C28H34N4O4S2/c1-6-15-32-25(19(5)36-21-13-10-11-17(3)18(21)4)30-31-28(32)37-16-23(33)29-26-24(27(34)35-7-2)20-12-8-9-14-22(20)38-26/h6,10-11,13,19H,1,7-9,12,14-16H2,2-5H3,(H,29,33). The number of benzene rings is 1. The number of ether oxygens (including phenoxy) is 2. The Morgan fingerprint density at radius 1 is 1.26 bits per heavy atom. The second kappa shape index (κ2) is 12.6. The van der Waals surface area contributed by atoms with Crippen LogP contribution in [-0.2, 0) is 28.9 Å². The molecule has 1 aliphatic carbocycles. The highest BCUT2D eigenvalue weighted by Gasteiger charge is 2.27. The molecule has 1 atom stereocenters. The molecule has 8 nitrogen and oxygen atoms in total. The third-order valence-corrected chi connectivity index (χ3v) is 8.69. The molecule has 38 heavy (non-hydrogen) atoms. The van der Waals surface area contributed by atoms with Crippen molar-refractivity contribution in [1.82, 2.24) is 14.8 Å². The van der Waals surface area contributed by atoms with Crippen molar-refractivity contribution in [2.45, 2.75) is 71.2 Å². The lowest BCUT2D eigenvalue weighted by atomic mass is 9.95. The number of nitrogens with zero attached hydrogens (tertiary/aromatic N) is 3. The maximum atomic E-state index is 13.0. The highest BCUT2D eigenvalue weighted by Crippen LogP contribution is 2.39. The predicted molar refractivity (Wildman–Crippen MR) is 151 cm³/mol. The normalized spacial score (nSPS) is 13.5. The molecule has 0 saturated carbocycles. The van der Waals surface area contributed by atoms with Crippen molar-refractivity contribution in [2.75, 3.05) is 17.7 Å². The number of hydrogen-bond donors (Lipinski definition) is 1. The first kappa shape index (κ1) is 27.9. The first-order chi connectivity index (χ1) is 18.3. The van der Waals surface area contributed by atoms with Crippen molar-refractivity contribution in [3.63, 3.8) is 0 Å². The van der Waals surface area contributed by atoms with Crippen molar-refractivity contribution < 1.29 is 19.1 Å². The van der Waals surface area contributed by atoms with E-state index in [1.807, 2.05) is 43.5 Å². The van der Waals surface area contributed by atoms with Gasteiger partial charge in [-0.15, -0.1) is 28.1 Å². The fourth-order valence-electron chi connectivity index (χ4n) is 4.47. The third kappa shape index (κ3) is 6.13. The highest BCUT2D eigenvalue weighted by atomic mass is 32.2. The number of aryl methyl sites for hydroxylation is 2. The largest absolute Gasteiger partial charge is 0.482 e. The van der Waals surface area contributed by atoms with Gasteiger partial charge in [0.1, 0.15) is 10.8 Å². The highest BCUT2D eigenvalue weighted by molar-refractivity contribution is 7.99. The van der Waals surface area contributed by atoms with E-state index in [1.54, 1.807) is 13.0 Å². The van der Waals surface area contributed by atoms with Gasteiger partial charge in [0.25, 0.3) is 0 Å². The van der Waals surface area contributed by atoms with Crippen LogP contribution in [0, 0.1) is 13.8 Å². The van der Waals surface area contributed by atoms with E-state index >= 15 is 0 Å². The Morgan fingerprint density at radius 3 is 2.82 bits per heavy atom. The molecule has 0 saturated heterocycles. The lowest BCUT2D eigenvalue weighted by Crippen LogP contribution is -2.17. The molecule has 0 aliphatic heterocycles. The topological polar surface area (TPSA) is 95.3 Å². The summed E-state index contributed by atoms with van der Waals surface area (Å²) >= 11 is 2.77. The monoisotopic (exact) mass is 554 g/mol. The van der Waals surface area contributed by atoms with Crippen LogP contribution in [0.15, 0.2) is 36.0 Å². The molecule has 3 aromatic rings. The number of thiophene rings is 1. The summed E-state index contributed by atoms with van der Waals surface area (Å²) in [5.41, 5.74) is 3.77. The number of carbonyl (C=O) groups is 2. The van der Waals surface area contributed by atoms with Gasteiger partial charge in [-0.2, -0.15) is 0 Å². The maximum absolute atomic E-state index is 13.0. The van der Waals surface area contributed by atoms with E-state index in [1.165, 1.54) is 23.1 Å². The van der Waals surface area contributed by atoms with Gasteiger partial charge in [-0.1, -0.05) is 30.0 Å². The number of fused-ring (bicyclic) bond motifs is 1. The smallest absolute Gasteiger partial charge is 0.341 e. The Bertz CT molecular complexity index is 1330. The van der Waals surface area contributed by atoms with Crippen molar-refractivity contribution in [3.8, 4) is 5.75 Å². The van der Waals surface area contributed by atoms with Gasteiger partial charge in [-0.3, -0.25) is 9.36 Å². The Hall–Kier alpha value is -3.11. The van der Waals surface area contributed by atoms with Gasteiger partial charge in [0.05, 0.1) is 17.9 Å². The van der Waals surface area contributed by atoms with Crippen LogP contribution < -0.4 is 10.1 Å². The molecule has 2 heterocycles.